The molecule has 0 spiro atoms. The summed E-state index contributed by atoms with van der Waals surface area (Å²) in [5.74, 6) is -0.494. The van der Waals surface area contributed by atoms with Gasteiger partial charge in [0.2, 0.25) is 9.47 Å². The van der Waals surface area contributed by atoms with Gasteiger partial charge in [-0.15, -0.1) is 10.2 Å². The van der Waals surface area contributed by atoms with Crippen molar-refractivity contribution in [2.45, 2.75) is 10.5 Å². The number of aromatic nitrogens is 2. The van der Waals surface area contributed by atoms with Crippen LogP contribution in [0.2, 0.25) is 5.02 Å². The second kappa shape index (κ2) is 9.49. The number of anilines is 2. The Balaban J connectivity index is 1.41. The number of benzene rings is 2. The highest BCUT2D eigenvalue weighted by Gasteiger charge is 2.34. The Morgan fingerprint density at radius 3 is 2.35 bits per heavy atom. The van der Waals surface area contributed by atoms with Crippen LogP contribution in [0.25, 0.3) is 0 Å². The molecule has 0 aliphatic carbocycles. The number of piperazine rings is 1. The second-order valence-electron chi connectivity index (χ2n) is 7.27. The van der Waals surface area contributed by atoms with E-state index in [1.54, 1.807) is 23.1 Å². The fraction of sp³-hybridized carbons (Fsp3) is 0.250. The number of sulfonamides is 1. The third-order valence-corrected chi connectivity index (χ3v) is 8.41. The van der Waals surface area contributed by atoms with Crippen LogP contribution in [-0.2, 0) is 16.2 Å². The third-order valence-electron chi connectivity index (χ3n) is 5.07. The van der Waals surface area contributed by atoms with E-state index < -0.39 is 27.7 Å². The van der Waals surface area contributed by atoms with E-state index in [2.05, 4.69) is 15.5 Å². The number of hydrogen-bond donors (Lipinski definition) is 1. The van der Waals surface area contributed by atoms with Crippen molar-refractivity contribution >= 4 is 49.7 Å². The van der Waals surface area contributed by atoms with E-state index in [4.69, 9.17) is 11.6 Å². The van der Waals surface area contributed by atoms with Crippen molar-refractivity contribution < 1.29 is 26.4 Å². The van der Waals surface area contributed by atoms with Gasteiger partial charge in [-0.1, -0.05) is 29.0 Å². The monoisotopic (exact) mass is 531 g/mol. The van der Waals surface area contributed by atoms with Gasteiger partial charge in [0.1, 0.15) is 0 Å². The first-order chi connectivity index (χ1) is 16.0. The first-order valence-electron chi connectivity index (χ1n) is 9.87. The summed E-state index contributed by atoms with van der Waals surface area (Å²) in [4.78, 5) is 14.0. The van der Waals surface area contributed by atoms with Gasteiger partial charge >= 0.3 is 6.18 Å². The Labute approximate surface area is 202 Å². The average Bonchev–Trinajstić information content (AvgIpc) is 3.28. The van der Waals surface area contributed by atoms with Gasteiger partial charge in [0.25, 0.3) is 15.9 Å². The first kappa shape index (κ1) is 24.4. The molecule has 8 nitrogen and oxygen atoms in total. The number of nitrogens with zero attached hydrogens (tertiary/aromatic N) is 4. The van der Waals surface area contributed by atoms with Crippen molar-refractivity contribution in [3.8, 4) is 0 Å². The van der Waals surface area contributed by atoms with E-state index in [1.165, 1.54) is 22.5 Å². The topological polar surface area (TPSA) is 95.5 Å². The summed E-state index contributed by atoms with van der Waals surface area (Å²) in [6.45, 7) is 0.536. The van der Waals surface area contributed by atoms with Gasteiger partial charge in [-0.3, -0.25) is 10.1 Å². The molecule has 2 aromatic carbocycles. The lowest BCUT2D eigenvalue weighted by atomic mass is 10.1. The number of carbonyl (C=O) groups is 1. The normalized spacial score (nSPS) is 15.4. The van der Waals surface area contributed by atoms with Crippen LogP contribution in [0.5, 0.6) is 0 Å². The van der Waals surface area contributed by atoms with Crippen LogP contribution >= 0.6 is 22.9 Å². The fourth-order valence-electron chi connectivity index (χ4n) is 3.31. The molecular formula is C20H17ClF3N5O3S2. The number of carbonyl (C=O) groups excluding carboxylic acids is 1. The fourth-order valence-corrected chi connectivity index (χ4v) is 5.89. The highest BCUT2D eigenvalue weighted by molar-refractivity contribution is 7.91. The molecule has 1 fully saturated rings. The van der Waals surface area contributed by atoms with Crippen LogP contribution in [0.4, 0.5) is 24.0 Å². The summed E-state index contributed by atoms with van der Waals surface area (Å²) in [7, 11) is -3.98. The summed E-state index contributed by atoms with van der Waals surface area (Å²) in [5, 5.41) is 10.4. The minimum Gasteiger partial charge on any atom is -0.369 e. The Bertz CT molecular complexity index is 1290. The molecule has 180 valence electrons. The van der Waals surface area contributed by atoms with Crippen molar-refractivity contribution in [3.63, 3.8) is 0 Å². The molecule has 1 amide bonds. The maximum absolute atomic E-state index is 13.0. The van der Waals surface area contributed by atoms with E-state index >= 15 is 0 Å². The van der Waals surface area contributed by atoms with Crippen LogP contribution in [0.15, 0.2) is 52.9 Å². The van der Waals surface area contributed by atoms with Crippen LogP contribution < -0.4 is 10.2 Å². The van der Waals surface area contributed by atoms with Crippen LogP contribution in [0.3, 0.4) is 0 Å². The van der Waals surface area contributed by atoms with Crippen LogP contribution in [0, 0.1) is 0 Å². The molecule has 1 aliphatic heterocycles. The number of rotatable bonds is 5. The van der Waals surface area contributed by atoms with Gasteiger partial charge in [-0.05, 0) is 42.5 Å². The molecule has 34 heavy (non-hydrogen) atoms. The quantitative estimate of drug-likeness (QED) is 0.501. The van der Waals surface area contributed by atoms with Crippen LogP contribution in [0.1, 0.15) is 15.9 Å². The highest BCUT2D eigenvalue weighted by Crippen LogP contribution is 2.32. The highest BCUT2D eigenvalue weighted by atomic mass is 35.5. The summed E-state index contributed by atoms with van der Waals surface area (Å²) in [5.41, 5.74) is -0.0770. The SMILES string of the molecule is O=C(Nc1nnc(S(=O)(=O)N2CCN(c3cccc(C(F)(F)F)c3)CC2)s1)c1ccc(Cl)cc1. The molecule has 0 saturated carbocycles. The molecule has 1 aliphatic rings. The summed E-state index contributed by atoms with van der Waals surface area (Å²) >= 11 is 6.51. The second-order valence-corrected chi connectivity index (χ2v) is 10.8. The number of amides is 1. The third kappa shape index (κ3) is 5.32. The van der Waals surface area contributed by atoms with E-state index in [1.807, 2.05) is 0 Å². The van der Waals surface area contributed by atoms with Crippen molar-refractivity contribution in [2.75, 3.05) is 36.4 Å². The van der Waals surface area contributed by atoms with E-state index in [0.717, 1.165) is 12.1 Å². The largest absolute Gasteiger partial charge is 0.416 e. The molecular weight excluding hydrogens is 515 g/mol. The lowest BCUT2D eigenvalue weighted by Gasteiger charge is -2.35. The summed E-state index contributed by atoms with van der Waals surface area (Å²) in [6, 6.07) is 11.0. The zero-order chi connectivity index (χ0) is 24.5. The lowest BCUT2D eigenvalue weighted by molar-refractivity contribution is -0.137. The molecule has 0 unspecified atom stereocenters. The molecule has 1 saturated heterocycles. The van der Waals surface area contributed by atoms with E-state index in [-0.39, 0.29) is 35.7 Å². The smallest absolute Gasteiger partial charge is 0.369 e. The van der Waals surface area contributed by atoms with Gasteiger partial charge in [-0.25, -0.2) is 8.42 Å². The summed E-state index contributed by atoms with van der Waals surface area (Å²) in [6.07, 6.45) is -4.46. The molecule has 3 aromatic rings. The Morgan fingerprint density at radius 2 is 1.71 bits per heavy atom. The van der Waals surface area contributed by atoms with Gasteiger partial charge in [0.05, 0.1) is 5.56 Å². The minimum absolute atomic E-state index is 0.0149. The number of halogens is 4. The molecule has 0 bridgehead atoms. The maximum atomic E-state index is 13.0. The predicted molar refractivity (Wildman–Crippen MR) is 122 cm³/mol. The van der Waals surface area contributed by atoms with Crippen LogP contribution in [-0.4, -0.2) is 55.0 Å². The van der Waals surface area contributed by atoms with Gasteiger partial charge in [-0.2, -0.15) is 17.5 Å². The maximum Gasteiger partial charge on any atom is 0.416 e. The Hall–Kier alpha value is -2.74. The lowest BCUT2D eigenvalue weighted by Crippen LogP contribution is -2.48. The van der Waals surface area contributed by atoms with Gasteiger partial charge in [0, 0.05) is 42.5 Å². The zero-order valence-electron chi connectivity index (χ0n) is 17.3. The van der Waals surface area contributed by atoms with Gasteiger partial charge in [0.15, 0.2) is 0 Å². The van der Waals surface area contributed by atoms with Gasteiger partial charge < -0.3 is 4.90 Å². The predicted octanol–water partition coefficient (Wildman–Crippen LogP) is 3.97. The molecule has 1 aromatic heterocycles. The summed E-state index contributed by atoms with van der Waals surface area (Å²) < 4.78 is 65.8. The zero-order valence-corrected chi connectivity index (χ0v) is 19.7. The molecule has 1 N–H and O–H groups in total. The standard InChI is InChI=1S/C20H17ClF3N5O3S2/c21-15-6-4-13(5-7-15)17(30)25-18-26-27-19(33-18)34(31,32)29-10-8-28(9-11-29)16-3-1-2-14(12-16)20(22,23)24/h1-7,12H,8-11H2,(H,25,26,30). The number of hydrogen-bond acceptors (Lipinski definition) is 7. The molecule has 2 heterocycles. The van der Waals surface area contributed by atoms with E-state index in [9.17, 15) is 26.4 Å². The number of nitrogens with one attached hydrogen (secondary N) is 1. The Kier molecular flexibility index (Phi) is 6.80. The van der Waals surface area contributed by atoms with E-state index in [0.29, 0.717) is 27.6 Å². The molecule has 4 rings (SSSR count). The van der Waals surface area contributed by atoms with Crippen molar-refractivity contribution in [3.05, 3.63) is 64.7 Å². The first-order valence-corrected chi connectivity index (χ1v) is 12.5. The molecule has 14 heteroatoms. The van der Waals surface area contributed by atoms with Crippen molar-refractivity contribution in [1.29, 1.82) is 0 Å². The van der Waals surface area contributed by atoms with Crippen molar-refractivity contribution in [2.24, 2.45) is 0 Å². The number of alkyl halides is 3. The minimum atomic E-state index is -4.46. The average molecular weight is 532 g/mol. The Morgan fingerprint density at radius 1 is 1.03 bits per heavy atom. The molecule has 0 radical (unpaired) electrons. The van der Waals surface area contributed by atoms with Crippen molar-refractivity contribution in [1.82, 2.24) is 14.5 Å². The molecule has 0 atom stereocenters.